The van der Waals surface area contributed by atoms with Crippen LogP contribution < -0.4 is 20.7 Å². The number of carbonyl (C=O) groups is 2. The molecule has 2 atom stereocenters. The number of benzene rings is 1. The molecule has 2 fully saturated rings. The number of piperidine rings is 1. The van der Waals surface area contributed by atoms with E-state index in [1.54, 1.807) is 0 Å². The van der Waals surface area contributed by atoms with Gasteiger partial charge >= 0.3 is 0 Å². The number of amides is 2. The van der Waals surface area contributed by atoms with Gasteiger partial charge in [0.25, 0.3) is 5.91 Å². The van der Waals surface area contributed by atoms with Gasteiger partial charge in [0.2, 0.25) is 5.91 Å². The quantitative estimate of drug-likeness (QED) is 0.630. The van der Waals surface area contributed by atoms with Gasteiger partial charge in [0, 0.05) is 31.6 Å². The Balaban J connectivity index is 0.00000261. The second-order valence-corrected chi connectivity index (χ2v) is 7.35. The second-order valence-electron chi connectivity index (χ2n) is 7.35. The van der Waals surface area contributed by atoms with E-state index >= 15 is 0 Å². The Morgan fingerprint density at radius 1 is 1.15 bits per heavy atom. The molecule has 2 aliphatic heterocycles. The molecule has 0 spiro atoms. The van der Waals surface area contributed by atoms with Crippen molar-refractivity contribution in [3.05, 3.63) is 29.8 Å². The van der Waals surface area contributed by atoms with Crippen molar-refractivity contribution in [3.63, 3.8) is 0 Å². The van der Waals surface area contributed by atoms with Crippen LogP contribution in [0.4, 0.5) is 0 Å². The lowest BCUT2D eigenvalue weighted by Gasteiger charge is -2.28. The Morgan fingerprint density at radius 2 is 1.89 bits per heavy atom. The number of nitrogens with one attached hydrogen (secondary N) is 3. The van der Waals surface area contributed by atoms with Crippen LogP contribution in [-0.4, -0.2) is 37.0 Å². The van der Waals surface area contributed by atoms with Gasteiger partial charge in [-0.3, -0.25) is 9.59 Å². The van der Waals surface area contributed by atoms with E-state index in [-0.39, 0.29) is 30.8 Å². The van der Waals surface area contributed by atoms with E-state index in [4.69, 9.17) is 4.74 Å². The molecule has 27 heavy (non-hydrogen) atoms. The first kappa shape index (κ1) is 21.5. The van der Waals surface area contributed by atoms with Gasteiger partial charge < -0.3 is 20.7 Å². The van der Waals surface area contributed by atoms with E-state index in [1.165, 1.54) is 12.8 Å². The van der Waals surface area contributed by atoms with Crippen molar-refractivity contribution < 1.29 is 14.3 Å². The minimum atomic E-state index is -0.137. The van der Waals surface area contributed by atoms with Gasteiger partial charge in [0.05, 0.1) is 0 Å². The van der Waals surface area contributed by atoms with E-state index < -0.39 is 0 Å². The lowest BCUT2D eigenvalue weighted by atomic mass is 9.89. The van der Waals surface area contributed by atoms with Gasteiger partial charge in [-0.05, 0) is 56.2 Å². The van der Waals surface area contributed by atoms with Crippen molar-refractivity contribution in [1.82, 2.24) is 16.0 Å². The van der Waals surface area contributed by atoms with Crippen LogP contribution in [0.5, 0.6) is 5.75 Å². The Bertz CT molecular complexity index is 629. The van der Waals surface area contributed by atoms with E-state index in [2.05, 4.69) is 16.0 Å². The maximum Gasteiger partial charge on any atom is 0.257 e. The standard InChI is InChI=1S/C20H29N3O3.ClH/c1-2-21-20(25)13-26-18-5-3-4-14(10-18)12-22-19(24)11-15-8-16-6-7-17(9-15)23-16;/h3-5,10,15-17,23H,2,6-9,11-13H2,1H3,(H,21,25)(H,22,24);1H. The zero-order valence-corrected chi connectivity index (χ0v) is 16.6. The third kappa shape index (κ3) is 6.70. The highest BCUT2D eigenvalue weighted by atomic mass is 35.5. The number of carbonyl (C=O) groups excluding carboxylic acids is 2. The zero-order chi connectivity index (χ0) is 18.4. The molecule has 150 valence electrons. The average Bonchev–Trinajstić information content (AvgIpc) is 2.97. The molecular formula is C20H30ClN3O3. The van der Waals surface area contributed by atoms with Crippen molar-refractivity contribution in [3.8, 4) is 5.75 Å². The summed E-state index contributed by atoms with van der Waals surface area (Å²) in [4.78, 5) is 23.7. The molecule has 7 heteroatoms. The molecule has 2 aliphatic rings. The van der Waals surface area contributed by atoms with Crippen molar-refractivity contribution >= 4 is 24.2 Å². The third-order valence-electron chi connectivity index (χ3n) is 5.18. The fourth-order valence-corrected chi connectivity index (χ4v) is 4.02. The largest absolute Gasteiger partial charge is 0.484 e. The van der Waals surface area contributed by atoms with Gasteiger partial charge in [-0.25, -0.2) is 0 Å². The highest BCUT2D eigenvalue weighted by molar-refractivity contribution is 5.85. The minimum absolute atomic E-state index is 0. The summed E-state index contributed by atoms with van der Waals surface area (Å²) in [6.07, 6.45) is 5.36. The van der Waals surface area contributed by atoms with Gasteiger partial charge in [-0.1, -0.05) is 12.1 Å². The summed E-state index contributed by atoms with van der Waals surface area (Å²) in [6, 6.07) is 8.73. The van der Waals surface area contributed by atoms with E-state index in [0.717, 1.165) is 18.4 Å². The summed E-state index contributed by atoms with van der Waals surface area (Å²) in [5, 5.41) is 9.32. The maximum atomic E-state index is 12.3. The van der Waals surface area contributed by atoms with Crippen LogP contribution in [0.25, 0.3) is 0 Å². The van der Waals surface area contributed by atoms with E-state index in [0.29, 0.717) is 43.3 Å². The molecule has 6 nitrogen and oxygen atoms in total. The predicted octanol–water partition coefficient (Wildman–Crippen LogP) is 2.16. The van der Waals surface area contributed by atoms with Gasteiger partial charge in [-0.15, -0.1) is 12.4 Å². The summed E-state index contributed by atoms with van der Waals surface area (Å²) in [7, 11) is 0. The number of ether oxygens (including phenoxy) is 1. The van der Waals surface area contributed by atoms with E-state index in [9.17, 15) is 9.59 Å². The molecule has 3 N–H and O–H groups in total. The summed E-state index contributed by atoms with van der Waals surface area (Å²) in [5.41, 5.74) is 0.970. The summed E-state index contributed by atoms with van der Waals surface area (Å²) in [6.45, 7) is 2.94. The maximum absolute atomic E-state index is 12.3. The molecule has 0 aliphatic carbocycles. The fraction of sp³-hybridized carbons (Fsp3) is 0.600. The molecule has 1 aromatic carbocycles. The fourth-order valence-electron chi connectivity index (χ4n) is 4.02. The van der Waals surface area contributed by atoms with Crippen LogP contribution in [0.1, 0.15) is 44.6 Å². The van der Waals surface area contributed by atoms with Crippen LogP contribution >= 0.6 is 12.4 Å². The number of likely N-dealkylation sites (N-methyl/N-ethyl adjacent to an activating group) is 1. The molecule has 1 aromatic rings. The molecule has 0 aromatic heterocycles. The first-order valence-electron chi connectivity index (χ1n) is 9.63. The lowest BCUT2D eigenvalue weighted by Crippen LogP contribution is -2.39. The highest BCUT2D eigenvalue weighted by Gasteiger charge is 2.34. The van der Waals surface area contributed by atoms with E-state index in [1.807, 2.05) is 31.2 Å². The smallest absolute Gasteiger partial charge is 0.257 e. The molecule has 2 unspecified atom stereocenters. The van der Waals surface area contributed by atoms with Crippen LogP contribution in [0.2, 0.25) is 0 Å². The summed E-state index contributed by atoms with van der Waals surface area (Å²) in [5.74, 6) is 1.12. The third-order valence-corrected chi connectivity index (χ3v) is 5.18. The van der Waals surface area contributed by atoms with Crippen molar-refractivity contribution in [2.75, 3.05) is 13.2 Å². The number of rotatable bonds is 8. The second kappa shape index (κ2) is 10.5. The van der Waals surface area contributed by atoms with Crippen molar-refractivity contribution in [2.24, 2.45) is 5.92 Å². The average molecular weight is 396 g/mol. The van der Waals surface area contributed by atoms with Gasteiger partial charge in [0.15, 0.2) is 6.61 Å². The highest BCUT2D eigenvalue weighted by Crippen LogP contribution is 2.32. The Kier molecular flexibility index (Phi) is 8.38. The van der Waals surface area contributed by atoms with Gasteiger partial charge in [-0.2, -0.15) is 0 Å². The van der Waals surface area contributed by atoms with Crippen LogP contribution in [0.3, 0.4) is 0 Å². The van der Waals surface area contributed by atoms with Crippen molar-refractivity contribution in [2.45, 2.75) is 57.7 Å². The molecular weight excluding hydrogens is 366 g/mol. The topological polar surface area (TPSA) is 79.5 Å². The number of fused-ring (bicyclic) bond motifs is 2. The normalized spacial score (nSPS) is 23.2. The zero-order valence-electron chi connectivity index (χ0n) is 15.8. The SMILES string of the molecule is CCNC(=O)COc1cccc(CNC(=O)CC2CC3CCC(C2)N3)c1.Cl. The number of hydrogen-bond acceptors (Lipinski definition) is 4. The first-order chi connectivity index (χ1) is 12.6. The summed E-state index contributed by atoms with van der Waals surface area (Å²) < 4.78 is 5.49. The van der Waals surface area contributed by atoms with Crippen LogP contribution in [0, 0.1) is 5.92 Å². The Labute approximate surface area is 167 Å². The molecule has 0 radical (unpaired) electrons. The lowest BCUT2D eigenvalue weighted by molar-refractivity contribution is -0.123. The van der Waals surface area contributed by atoms with Crippen molar-refractivity contribution in [1.29, 1.82) is 0 Å². The Morgan fingerprint density at radius 3 is 2.59 bits per heavy atom. The molecule has 2 saturated heterocycles. The molecule has 2 bridgehead atoms. The van der Waals surface area contributed by atoms with Gasteiger partial charge in [0.1, 0.15) is 5.75 Å². The summed E-state index contributed by atoms with van der Waals surface area (Å²) >= 11 is 0. The minimum Gasteiger partial charge on any atom is -0.484 e. The van der Waals surface area contributed by atoms with Crippen LogP contribution in [0.15, 0.2) is 24.3 Å². The van der Waals surface area contributed by atoms with Crippen LogP contribution in [-0.2, 0) is 16.1 Å². The predicted molar refractivity (Wildman–Crippen MR) is 107 cm³/mol. The molecule has 2 heterocycles. The number of halogens is 1. The first-order valence-corrected chi connectivity index (χ1v) is 9.63. The Hall–Kier alpha value is -1.79. The molecule has 2 amide bonds. The number of hydrogen-bond donors (Lipinski definition) is 3. The molecule has 0 saturated carbocycles. The monoisotopic (exact) mass is 395 g/mol. The molecule has 3 rings (SSSR count).